The average molecular weight is 254 g/mol. The molecule has 0 unspecified atom stereocenters. The van der Waals surface area contributed by atoms with Crippen molar-refractivity contribution in [3.8, 4) is 0 Å². The Morgan fingerprint density at radius 3 is 2.67 bits per heavy atom. The fraction of sp³-hybridized carbons (Fsp3) is 0.643. The highest BCUT2D eigenvalue weighted by molar-refractivity contribution is 5.87. The van der Waals surface area contributed by atoms with Gasteiger partial charge in [0.2, 0.25) is 0 Å². The molecule has 0 saturated heterocycles. The minimum atomic E-state index is -0.971. The van der Waals surface area contributed by atoms with Gasteiger partial charge in [-0.2, -0.15) is 0 Å². The van der Waals surface area contributed by atoms with Crippen LogP contribution in [0, 0.1) is 0 Å². The molecule has 0 spiro atoms. The highest BCUT2D eigenvalue weighted by atomic mass is 16.5. The van der Waals surface area contributed by atoms with Gasteiger partial charge in [-0.05, 0) is 12.5 Å². The van der Waals surface area contributed by atoms with E-state index in [9.17, 15) is 4.79 Å². The van der Waals surface area contributed by atoms with Crippen LogP contribution in [-0.4, -0.2) is 17.7 Å². The molecule has 0 bridgehead atoms. The monoisotopic (exact) mass is 254 g/mol. The summed E-state index contributed by atoms with van der Waals surface area (Å²) < 4.78 is 10.5. The number of hydrogen-bond acceptors (Lipinski definition) is 3. The zero-order valence-electron chi connectivity index (χ0n) is 11.0. The van der Waals surface area contributed by atoms with Gasteiger partial charge < -0.3 is 14.3 Å². The molecule has 0 aliphatic rings. The van der Waals surface area contributed by atoms with Gasteiger partial charge >= 0.3 is 5.97 Å². The standard InChI is InChI=1S/C14H22O4/c1-2-3-4-5-6-7-8-17-11-13-9-12(10-18-13)14(15)16/h9-10H,2-8,11H2,1H3,(H,15,16). The zero-order valence-corrected chi connectivity index (χ0v) is 11.0. The van der Waals surface area contributed by atoms with Crippen LogP contribution in [-0.2, 0) is 11.3 Å². The van der Waals surface area contributed by atoms with E-state index in [2.05, 4.69) is 6.92 Å². The predicted octanol–water partition coefficient (Wildman–Crippen LogP) is 3.85. The van der Waals surface area contributed by atoms with E-state index in [4.69, 9.17) is 14.3 Å². The van der Waals surface area contributed by atoms with E-state index < -0.39 is 5.97 Å². The molecule has 4 nitrogen and oxygen atoms in total. The number of unbranched alkanes of at least 4 members (excludes halogenated alkanes) is 5. The Bertz CT molecular complexity index is 343. The molecule has 1 rings (SSSR count). The fourth-order valence-electron chi connectivity index (χ4n) is 1.73. The number of aromatic carboxylic acids is 1. The normalized spacial score (nSPS) is 10.7. The second-order valence-electron chi connectivity index (χ2n) is 4.43. The first kappa shape index (κ1) is 14.8. The SMILES string of the molecule is CCCCCCCCOCc1cc(C(=O)O)co1. The van der Waals surface area contributed by atoms with Crippen LogP contribution in [0.1, 0.15) is 61.6 Å². The highest BCUT2D eigenvalue weighted by Gasteiger charge is 2.07. The van der Waals surface area contributed by atoms with Gasteiger partial charge in [-0.15, -0.1) is 0 Å². The van der Waals surface area contributed by atoms with E-state index in [0.717, 1.165) is 6.42 Å². The minimum Gasteiger partial charge on any atom is -0.478 e. The van der Waals surface area contributed by atoms with E-state index >= 15 is 0 Å². The number of carbonyl (C=O) groups is 1. The van der Waals surface area contributed by atoms with Crippen molar-refractivity contribution in [3.05, 3.63) is 23.7 Å². The van der Waals surface area contributed by atoms with Crippen LogP contribution in [0.5, 0.6) is 0 Å². The van der Waals surface area contributed by atoms with Crippen LogP contribution in [0.25, 0.3) is 0 Å². The van der Waals surface area contributed by atoms with Gasteiger partial charge in [-0.1, -0.05) is 39.0 Å². The van der Waals surface area contributed by atoms with Crippen molar-refractivity contribution in [2.24, 2.45) is 0 Å². The molecule has 0 aromatic carbocycles. The van der Waals surface area contributed by atoms with Crippen molar-refractivity contribution in [2.75, 3.05) is 6.61 Å². The third kappa shape index (κ3) is 5.87. The Morgan fingerprint density at radius 1 is 1.28 bits per heavy atom. The molecule has 18 heavy (non-hydrogen) atoms. The van der Waals surface area contributed by atoms with Crippen molar-refractivity contribution in [2.45, 2.75) is 52.1 Å². The lowest BCUT2D eigenvalue weighted by molar-refractivity contribution is 0.0696. The first-order chi connectivity index (χ1) is 8.74. The third-order valence-electron chi connectivity index (χ3n) is 2.79. The Balaban J connectivity index is 2.02. The quantitative estimate of drug-likeness (QED) is 0.644. The summed E-state index contributed by atoms with van der Waals surface area (Å²) in [5, 5.41) is 8.71. The highest BCUT2D eigenvalue weighted by Crippen LogP contribution is 2.10. The first-order valence-corrected chi connectivity index (χ1v) is 6.62. The summed E-state index contributed by atoms with van der Waals surface area (Å²) in [6.45, 7) is 3.26. The number of carboxylic acids is 1. The molecule has 0 fully saturated rings. The largest absolute Gasteiger partial charge is 0.478 e. The molecule has 0 atom stereocenters. The van der Waals surface area contributed by atoms with Gasteiger partial charge in [0.05, 0.1) is 5.56 Å². The Kier molecular flexibility index (Phi) is 7.18. The molecule has 0 aliphatic heterocycles. The van der Waals surface area contributed by atoms with Crippen molar-refractivity contribution in [1.82, 2.24) is 0 Å². The maximum atomic E-state index is 10.6. The molecule has 0 amide bonds. The minimum absolute atomic E-state index is 0.174. The Labute approximate surface area is 108 Å². The number of hydrogen-bond donors (Lipinski definition) is 1. The molecular weight excluding hydrogens is 232 g/mol. The van der Waals surface area contributed by atoms with Gasteiger partial charge in [0.15, 0.2) is 0 Å². The van der Waals surface area contributed by atoms with Crippen LogP contribution in [0.3, 0.4) is 0 Å². The maximum Gasteiger partial charge on any atom is 0.338 e. The summed E-state index contributed by atoms with van der Waals surface area (Å²) in [6, 6.07) is 1.50. The Morgan fingerprint density at radius 2 is 2.00 bits per heavy atom. The number of rotatable bonds is 10. The molecule has 1 heterocycles. The lowest BCUT2D eigenvalue weighted by Gasteiger charge is -2.02. The molecule has 4 heteroatoms. The molecule has 1 aromatic rings. The van der Waals surface area contributed by atoms with Gasteiger partial charge in [0, 0.05) is 6.61 Å². The Hall–Kier alpha value is -1.29. The number of furan rings is 1. The second kappa shape index (κ2) is 8.75. The topological polar surface area (TPSA) is 59.7 Å². The molecule has 0 radical (unpaired) electrons. The number of carboxylic acid groups (broad SMARTS) is 1. The van der Waals surface area contributed by atoms with Crippen LogP contribution < -0.4 is 0 Å². The first-order valence-electron chi connectivity index (χ1n) is 6.62. The summed E-state index contributed by atoms with van der Waals surface area (Å²) in [5.41, 5.74) is 0.174. The smallest absolute Gasteiger partial charge is 0.338 e. The second-order valence-corrected chi connectivity index (χ2v) is 4.43. The average Bonchev–Trinajstić information content (AvgIpc) is 2.81. The molecular formula is C14H22O4. The van der Waals surface area contributed by atoms with Crippen molar-refractivity contribution < 1.29 is 19.1 Å². The molecule has 1 aromatic heterocycles. The van der Waals surface area contributed by atoms with Gasteiger partial charge in [-0.3, -0.25) is 0 Å². The third-order valence-corrected chi connectivity index (χ3v) is 2.79. The van der Waals surface area contributed by atoms with Gasteiger partial charge in [0.1, 0.15) is 18.6 Å². The van der Waals surface area contributed by atoms with E-state index in [1.807, 2.05) is 0 Å². The van der Waals surface area contributed by atoms with Crippen molar-refractivity contribution in [3.63, 3.8) is 0 Å². The lowest BCUT2D eigenvalue weighted by atomic mass is 10.1. The van der Waals surface area contributed by atoms with E-state index in [-0.39, 0.29) is 5.56 Å². The summed E-state index contributed by atoms with van der Waals surface area (Å²) in [7, 11) is 0. The summed E-state index contributed by atoms with van der Waals surface area (Å²) >= 11 is 0. The van der Waals surface area contributed by atoms with Crippen LogP contribution in [0.15, 0.2) is 16.7 Å². The molecule has 0 aliphatic carbocycles. The predicted molar refractivity (Wildman–Crippen MR) is 68.7 cm³/mol. The van der Waals surface area contributed by atoms with Crippen molar-refractivity contribution >= 4 is 5.97 Å². The number of ether oxygens (including phenoxy) is 1. The summed E-state index contributed by atoms with van der Waals surface area (Å²) in [5.74, 6) is -0.403. The van der Waals surface area contributed by atoms with E-state index in [1.54, 1.807) is 0 Å². The van der Waals surface area contributed by atoms with Gasteiger partial charge in [0.25, 0.3) is 0 Å². The van der Waals surface area contributed by atoms with E-state index in [0.29, 0.717) is 19.0 Å². The van der Waals surface area contributed by atoms with Crippen LogP contribution in [0.2, 0.25) is 0 Å². The summed E-state index contributed by atoms with van der Waals surface area (Å²) in [4.78, 5) is 10.6. The van der Waals surface area contributed by atoms with E-state index in [1.165, 1.54) is 44.4 Å². The van der Waals surface area contributed by atoms with Crippen LogP contribution >= 0.6 is 0 Å². The molecule has 0 saturated carbocycles. The summed E-state index contributed by atoms with van der Waals surface area (Å²) in [6.07, 6.45) is 8.63. The zero-order chi connectivity index (χ0) is 13.2. The lowest BCUT2D eigenvalue weighted by Crippen LogP contribution is -1.95. The van der Waals surface area contributed by atoms with Crippen LogP contribution in [0.4, 0.5) is 0 Å². The van der Waals surface area contributed by atoms with Crippen molar-refractivity contribution in [1.29, 1.82) is 0 Å². The molecule has 102 valence electrons. The van der Waals surface area contributed by atoms with Gasteiger partial charge in [-0.25, -0.2) is 4.79 Å². The molecule has 1 N–H and O–H groups in total. The maximum absolute atomic E-state index is 10.6. The fourth-order valence-corrected chi connectivity index (χ4v) is 1.73.